The molecular weight excluding hydrogens is 378 g/mol. The first-order chi connectivity index (χ1) is 13.6. The number of pyridine rings is 1. The van der Waals surface area contributed by atoms with Crippen molar-refractivity contribution in [2.45, 2.75) is 12.8 Å². The van der Waals surface area contributed by atoms with Gasteiger partial charge in [0.25, 0.3) is 5.91 Å². The Kier molecular flexibility index (Phi) is 5.07. The Morgan fingerprint density at radius 3 is 2.93 bits per heavy atom. The highest BCUT2D eigenvalue weighted by Gasteiger charge is 2.24. The average molecular weight is 397 g/mol. The summed E-state index contributed by atoms with van der Waals surface area (Å²) in [4.78, 5) is 34.6. The molecule has 4 rings (SSSR count). The van der Waals surface area contributed by atoms with E-state index >= 15 is 0 Å². The molecule has 1 unspecified atom stereocenters. The van der Waals surface area contributed by atoms with Crippen molar-refractivity contribution in [2.75, 3.05) is 23.3 Å². The number of nitrogens with zero attached hydrogens (tertiary/aromatic N) is 3. The Hall–Kier alpha value is -3.20. The van der Waals surface area contributed by atoms with Crippen molar-refractivity contribution >= 4 is 34.7 Å². The van der Waals surface area contributed by atoms with Gasteiger partial charge in [0.05, 0.1) is 24.1 Å². The van der Waals surface area contributed by atoms with Crippen molar-refractivity contribution in [3.05, 3.63) is 47.8 Å². The van der Waals surface area contributed by atoms with E-state index in [1.807, 2.05) is 11.0 Å². The molecule has 0 saturated carbocycles. The fourth-order valence-electron chi connectivity index (χ4n) is 3.15. The summed E-state index contributed by atoms with van der Waals surface area (Å²) in [6.07, 6.45) is 4.88. The van der Waals surface area contributed by atoms with Crippen molar-refractivity contribution in [2.24, 2.45) is 11.7 Å². The van der Waals surface area contributed by atoms with E-state index in [0.29, 0.717) is 28.7 Å². The number of rotatable bonds is 5. The number of nitrogens with two attached hydrogens (primary N) is 1. The summed E-state index contributed by atoms with van der Waals surface area (Å²) in [5.74, 6) is 0.660. The van der Waals surface area contributed by atoms with Crippen LogP contribution in [0.5, 0.6) is 0 Å². The summed E-state index contributed by atoms with van der Waals surface area (Å²) < 4.78 is 5.30. The molecule has 1 fully saturated rings. The van der Waals surface area contributed by atoms with E-state index in [1.54, 1.807) is 36.0 Å². The summed E-state index contributed by atoms with van der Waals surface area (Å²) in [6, 6.07) is 7.19. The lowest BCUT2D eigenvalue weighted by Gasteiger charge is -2.32. The molecule has 1 aliphatic heterocycles. The lowest BCUT2D eigenvalue weighted by Crippen LogP contribution is -2.41. The van der Waals surface area contributed by atoms with Crippen LogP contribution in [0.2, 0.25) is 0 Å². The second-order valence-corrected chi connectivity index (χ2v) is 7.42. The van der Waals surface area contributed by atoms with Crippen LogP contribution in [-0.2, 0) is 4.79 Å². The zero-order valence-electron chi connectivity index (χ0n) is 15.0. The fourth-order valence-corrected chi connectivity index (χ4v) is 3.92. The van der Waals surface area contributed by atoms with Crippen LogP contribution in [0.15, 0.2) is 46.5 Å². The van der Waals surface area contributed by atoms with Crippen molar-refractivity contribution in [1.82, 2.24) is 9.97 Å². The minimum Gasteiger partial charge on any atom is -0.462 e. The summed E-state index contributed by atoms with van der Waals surface area (Å²) >= 11 is 1.34. The van der Waals surface area contributed by atoms with Gasteiger partial charge in [-0.25, -0.2) is 9.97 Å². The van der Waals surface area contributed by atoms with Gasteiger partial charge in [-0.3, -0.25) is 9.59 Å². The zero-order chi connectivity index (χ0) is 19.5. The quantitative estimate of drug-likeness (QED) is 0.684. The molecule has 144 valence electrons. The Morgan fingerprint density at radius 2 is 2.21 bits per heavy atom. The molecule has 1 saturated heterocycles. The Labute approximate surface area is 165 Å². The van der Waals surface area contributed by atoms with Gasteiger partial charge in [-0.15, -0.1) is 11.3 Å². The van der Waals surface area contributed by atoms with E-state index in [1.165, 1.54) is 11.3 Å². The fraction of sp³-hybridized carbons (Fsp3) is 0.263. The summed E-state index contributed by atoms with van der Waals surface area (Å²) in [5, 5.41) is 5.13. The molecule has 1 atom stereocenters. The normalized spacial score (nSPS) is 16.7. The highest BCUT2D eigenvalue weighted by atomic mass is 32.1. The second kappa shape index (κ2) is 7.81. The van der Waals surface area contributed by atoms with Crippen LogP contribution in [0, 0.1) is 5.92 Å². The average Bonchev–Trinajstić information content (AvgIpc) is 3.40. The van der Waals surface area contributed by atoms with Gasteiger partial charge in [0.2, 0.25) is 5.91 Å². The number of carbonyl (C=O) groups excluding carboxylic acids is 2. The molecule has 3 aromatic rings. The van der Waals surface area contributed by atoms with Crippen LogP contribution < -0.4 is 16.0 Å². The molecule has 0 spiro atoms. The number of aromatic nitrogens is 2. The van der Waals surface area contributed by atoms with Crippen molar-refractivity contribution < 1.29 is 14.0 Å². The minimum absolute atomic E-state index is 0.150. The number of amides is 2. The first-order valence-corrected chi connectivity index (χ1v) is 9.79. The molecular formula is C19H19N5O3S. The predicted octanol–water partition coefficient (Wildman–Crippen LogP) is 2.75. The van der Waals surface area contributed by atoms with E-state index in [9.17, 15) is 9.59 Å². The smallest absolute Gasteiger partial charge is 0.275 e. The monoisotopic (exact) mass is 397 g/mol. The number of primary amides is 1. The SMILES string of the molecule is NC(=O)C1CCCN(c2ccc(NC(=O)c3csc(-c4ccco4)n3)cn2)C1. The number of carbonyl (C=O) groups is 2. The van der Waals surface area contributed by atoms with Gasteiger partial charge in [0.1, 0.15) is 11.5 Å². The van der Waals surface area contributed by atoms with Crippen molar-refractivity contribution in [3.8, 4) is 10.8 Å². The van der Waals surface area contributed by atoms with Crippen LogP contribution in [-0.4, -0.2) is 34.9 Å². The van der Waals surface area contributed by atoms with E-state index in [2.05, 4.69) is 15.3 Å². The number of hydrogen-bond acceptors (Lipinski definition) is 7. The second-order valence-electron chi connectivity index (χ2n) is 6.56. The third-order valence-corrected chi connectivity index (χ3v) is 5.48. The first-order valence-electron chi connectivity index (χ1n) is 8.91. The van der Waals surface area contributed by atoms with Gasteiger partial charge in [-0.05, 0) is 37.1 Å². The minimum atomic E-state index is -0.310. The topological polar surface area (TPSA) is 114 Å². The Bertz CT molecular complexity index is 968. The first kappa shape index (κ1) is 18.2. The molecule has 8 nitrogen and oxygen atoms in total. The van der Waals surface area contributed by atoms with Crippen LogP contribution in [0.1, 0.15) is 23.3 Å². The molecule has 3 aromatic heterocycles. The van der Waals surface area contributed by atoms with E-state index < -0.39 is 0 Å². The zero-order valence-corrected chi connectivity index (χ0v) is 15.8. The van der Waals surface area contributed by atoms with Crippen LogP contribution in [0.25, 0.3) is 10.8 Å². The maximum Gasteiger partial charge on any atom is 0.275 e. The van der Waals surface area contributed by atoms with Gasteiger partial charge < -0.3 is 20.4 Å². The lowest BCUT2D eigenvalue weighted by molar-refractivity contribution is -0.122. The number of nitrogens with one attached hydrogen (secondary N) is 1. The molecule has 0 aromatic carbocycles. The van der Waals surface area contributed by atoms with Crippen molar-refractivity contribution in [3.63, 3.8) is 0 Å². The van der Waals surface area contributed by atoms with Gasteiger partial charge >= 0.3 is 0 Å². The number of thiazole rings is 1. The van der Waals surface area contributed by atoms with Crippen LogP contribution in [0.3, 0.4) is 0 Å². The number of piperidine rings is 1. The third kappa shape index (κ3) is 3.89. The summed E-state index contributed by atoms with van der Waals surface area (Å²) in [7, 11) is 0. The van der Waals surface area contributed by atoms with Crippen LogP contribution in [0.4, 0.5) is 11.5 Å². The van der Waals surface area contributed by atoms with Crippen LogP contribution >= 0.6 is 11.3 Å². The summed E-state index contributed by atoms with van der Waals surface area (Å²) in [6.45, 7) is 1.40. The molecule has 2 amide bonds. The number of anilines is 2. The van der Waals surface area contributed by atoms with E-state index in [4.69, 9.17) is 10.2 Å². The highest BCUT2D eigenvalue weighted by Crippen LogP contribution is 2.25. The van der Waals surface area contributed by atoms with E-state index in [0.717, 1.165) is 25.2 Å². The molecule has 0 bridgehead atoms. The van der Waals surface area contributed by atoms with Gasteiger partial charge in [-0.1, -0.05) is 0 Å². The van der Waals surface area contributed by atoms with Crippen molar-refractivity contribution in [1.29, 1.82) is 0 Å². The molecule has 9 heteroatoms. The Balaban J connectivity index is 1.40. The maximum atomic E-state index is 12.4. The van der Waals surface area contributed by atoms with Gasteiger partial charge in [0.15, 0.2) is 10.8 Å². The number of furan rings is 1. The molecule has 1 aliphatic rings. The molecule has 0 radical (unpaired) electrons. The molecule has 28 heavy (non-hydrogen) atoms. The lowest BCUT2D eigenvalue weighted by atomic mass is 9.97. The molecule has 3 N–H and O–H groups in total. The van der Waals surface area contributed by atoms with Gasteiger partial charge in [0, 0.05) is 18.5 Å². The Morgan fingerprint density at radius 1 is 1.32 bits per heavy atom. The van der Waals surface area contributed by atoms with E-state index in [-0.39, 0.29) is 17.7 Å². The third-order valence-electron chi connectivity index (χ3n) is 4.62. The standard InChI is InChI=1S/C19H19N5O3S/c20-17(25)12-3-1-7-24(10-12)16-6-5-13(9-21-16)22-18(26)14-11-28-19(23-14)15-4-2-8-27-15/h2,4-6,8-9,11-12H,1,3,7,10H2,(H2,20,25)(H,22,26). The molecule has 4 heterocycles. The maximum absolute atomic E-state index is 12.4. The predicted molar refractivity (Wildman–Crippen MR) is 106 cm³/mol. The largest absolute Gasteiger partial charge is 0.462 e. The summed E-state index contributed by atoms with van der Waals surface area (Å²) in [5.41, 5.74) is 6.32. The molecule has 0 aliphatic carbocycles. The van der Waals surface area contributed by atoms with Gasteiger partial charge in [-0.2, -0.15) is 0 Å². The highest BCUT2D eigenvalue weighted by molar-refractivity contribution is 7.13. The number of hydrogen-bond donors (Lipinski definition) is 2.